The molecule has 0 bridgehead atoms. The maximum absolute atomic E-state index is 9.16. The molecule has 0 spiro atoms. The zero-order chi connectivity index (χ0) is 14.9. The van der Waals surface area contributed by atoms with Crippen molar-refractivity contribution in [2.75, 3.05) is 0 Å². The average molecular weight is 262 g/mol. The van der Waals surface area contributed by atoms with Crippen molar-refractivity contribution in [2.45, 2.75) is 6.92 Å². The second kappa shape index (κ2) is 4.57. The molecule has 0 aliphatic heterocycles. The van der Waals surface area contributed by atoms with Crippen LogP contribution in [0.1, 0.15) is 28.6 Å². The van der Waals surface area contributed by atoms with E-state index in [4.69, 9.17) is 21.0 Å². The number of nitriles is 4. The normalized spacial score (nSPS) is 9.30. The molecule has 8 heteroatoms. The van der Waals surface area contributed by atoms with Gasteiger partial charge in [0.1, 0.15) is 30.1 Å². The Kier molecular flexibility index (Phi) is 2.93. The van der Waals surface area contributed by atoms with Gasteiger partial charge in [0.2, 0.25) is 5.95 Å². The summed E-state index contributed by atoms with van der Waals surface area (Å²) in [7, 11) is 1.55. The Morgan fingerprint density at radius 3 is 1.85 bits per heavy atom. The molecule has 2 aromatic heterocycles. The lowest BCUT2D eigenvalue weighted by atomic mass is 10.3. The van der Waals surface area contributed by atoms with Gasteiger partial charge in [0.25, 0.3) is 0 Å². The zero-order valence-corrected chi connectivity index (χ0v) is 10.6. The van der Waals surface area contributed by atoms with Crippen molar-refractivity contribution in [1.29, 1.82) is 21.0 Å². The number of rotatable bonds is 1. The van der Waals surface area contributed by atoms with E-state index in [-0.39, 0.29) is 28.7 Å². The van der Waals surface area contributed by atoms with Gasteiger partial charge >= 0.3 is 0 Å². The highest BCUT2D eigenvalue weighted by atomic mass is 15.3. The first-order valence-corrected chi connectivity index (χ1v) is 5.35. The van der Waals surface area contributed by atoms with Gasteiger partial charge in [0, 0.05) is 7.05 Å². The van der Waals surface area contributed by atoms with Crippen LogP contribution in [0.15, 0.2) is 0 Å². The summed E-state index contributed by atoms with van der Waals surface area (Å²) in [5.41, 5.74) is 0.0376. The molecule has 2 rings (SSSR count). The SMILES string of the molecule is Cc1nc(C#N)c(C#N)n1-c1nc(C#N)c(C#N)n1C. The fourth-order valence-electron chi connectivity index (χ4n) is 1.85. The molecule has 0 N–H and O–H groups in total. The van der Waals surface area contributed by atoms with Crippen LogP contribution in [-0.2, 0) is 7.05 Å². The predicted molar refractivity (Wildman–Crippen MR) is 63.9 cm³/mol. The highest BCUT2D eigenvalue weighted by Gasteiger charge is 2.22. The largest absolute Gasteiger partial charge is 0.303 e. The molecule has 0 aromatic carbocycles. The highest BCUT2D eigenvalue weighted by molar-refractivity contribution is 5.46. The summed E-state index contributed by atoms with van der Waals surface area (Å²) in [5.74, 6) is 0.571. The first-order chi connectivity index (χ1) is 9.58. The number of hydrogen-bond acceptors (Lipinski definition) is 6. The monoisotopic (exact) mass is 262 g/mol. The van der Waals surface area contributed by atoms with Gasteiger partial charge in [-0.2, -0.15) is 26.0 Å². The van der Waals surface area contributed by atoms with Crippen LogP contribution in [0.3, 0.4) is 0 Å². The lowest BCUT2D eigenvalue weighted by molar-refractivity contribution is 0.786. The van der Waals surface area contributed by atoms with Crippen molar-refractivity contribution in [3.63, 3.8) is 0 Å². The Bertz CT molecular complexity index is 869. The Labute approximate surface area is 114 Å². The topological polar surface area (TPSA) is 131 Å². The fourth-order valence-corrected chi connectivity index (χ4v) is 1.85. The van der Waals surface area contributed by atoms with E-state index in [1.165, 1.54) is 9.13 Å². The lowest BCUT2D eigenvalue weighted by Crippen LogP contribution is -2.08. The molecule has 2 aromatic rings. The number of hydrogen-bond donors (Lipinski definition) is 0. The summed E-state index contributed by atoms with van der Waals surface area (Å²) in [6, 6.07) is 7.41. The third kappa shape index (κ3) is 1.58. The molecule has 0 aliphatic rings. The van der Waals surface area contributed by atoms with Gasteiger partial charge < -0.3 is 4.57 Å². The Morgan fingerprint density at radius 1 is 0.850 bits per heavy atom. The van der Waals surface area contributed by atoms with Crippen molar-refractivity contribution in [2.24, 2.45) is 7.05 Å². The number of imidazole rings is 2. The van der Waals surface area contributed by atoms with Gasteiger partial charge in [-0.3, -0.25) is 4.57 Å². The molecule has 2 heterocycles. The van der Waals surface area contributed by atoms with E-state index in [0.29, 0.717) is 5.82 Å². The summed E-state index contributed by atoms with van der Waals surface area (Å²) in [6.07, 6.45) is 0. The Morgan fingerprint density at radius 2 is 1.40 bits per heavy atom. The van der Waals surface area contributed by atoms with Gasteiger partial charge in [-0.05, 0) is 6.92 Å². The molecule has 0 unspecified atom stereocenters. The van der Waals surface area contributed by atoms with Crippen molar-refractivity contribution in [3.05, 3.63) is 28.6 Å². The predicted octanol–water partition coefficient (Wildman–Crippen LogP) is 0.401. The van der Waals surface area contributed by atoms with Gasteiger partial charge in [-0.25, -0.2) is 4.98 Å². The molecule has 0 aliphatic carbocycles. The second-order valence-electron chi connectivity index (χ2n) is 3.81. The molecule has 0 saturated heterocycles. The minimum Gasteiger partial charge on any atom is -0.303 e. The van der Waals surface area contributed by atoms with Gasteiger partial charge in [-0.1, -0.05) is 0 Å². The summed E-state index contributed by atoms with van der Waals surface area (Å²) in [6.45, 7) is 1.61. The van der Waals surface area contributed by atoms with Crippen LogP contribution in [0.25, 0.3) is 5.95 Å². The van der Waals surface area contributed by atoms with Gasteiger partial charge in [-0.15, -0.1) is 0 Å². The molecular formula is C12H6N8. The van der Waals surface area contributed by atoms with Crippen LogP contribution in [-0.4, -0.2) is 19.1 Å². The quantitative estimate of drug-likeness (QED) is 0.730. The first-order valence-electron chi connectivity index (χ1n) is 5.35. The first kappa shape index (κ1) is 12.8. The van der Waals surface area contributed by atoms with Crippen molar-refractivity contribution >= 4 is 0 Å². The second-order valence-corrected chi connectivity index (χ2v) is 3.81. The van der Waals surface area contributed by atoms with E-state index in [1.54, 1.807) is 14.0 Å². The van der Waals surface area contributed by atoms with Crippen molar-refractivity contribution in [1.82, 2.24) is 19.1 Å². The molecule has 0 saturated carbocycles. The van der Waals surface area contributed by atoms with E-state index >= 15 is 0 Å². The molecular weight excluding hydrogens is 256 g/mol. The van der Waals surface area contributed by atoms with Gasteiger partial charge in [0.05, 0.1) is 0 Å². The number of aromatic nitrogens is 4. The Balaban J connectivity index is 2.86. The lowest BCUT2D eigenvalue weighted by Gasteiger charge is -2.05. The maximum atomic E-state index is 9.16. The van der Waals surface area contributed by atoms with E-state index in [9.17, 15) is 0 Å². The molecule has 0 atom stereocenters. The third-order valence-corrected chi connectivity index (χ3v) is 2.74. The van der Waals surface area contributed by atoms with E-state index in [1.807, 2.05) is 24.3 Å². The van der Waals surface area contributed by atoms with Crippen LogP contribution >= 0.6 is 0 Å². The minimum atomic E-state index is -0.0412. The minimum absolute atomic E-state index is 0.0204. The smallest absolute Gasteiger partial charge is 0.218 e. The van der Waals surface area contributed by atoms with Crippen LogP contribution in [0.4, 0.5) is 0 Å². The van der Waals surface area contributed by atoms with Gasteiger partial charge in [0.15, 0.2) is 22.8 Å². The number of nitrogens with zero attached hydrogens (tertiary/aromatic N) is 8. The molecule has 0 radical (unpaired) electrons. The van der Waals surface area contributed by atoms with E-state index in [0.717, 1.165) is 0 Å². The average Bonchev–Trinajstić information content (AvgIpc) is 2.94. The van der Waals surface area contributed by atoms with E-state index in [2.05, 4.69) is 9.97 Å². The summed E-state index contributed by atoms with van der Waals surface area (Å²) < 4.78 is 2.73. The van der Waals surface area contributed by atoms with Crippen LogP contribution in [0.5, 0.6) is 0 Å². The summed E-state index contributed by atoms with van der Waals surface area (Å²) >= 11 is 0. The van der Waals surface area contributed by atoms with Crippen LogP contribution in [0.2, 0.25) is 0 Å². The molecule has 0 amide bonds. The van der Waals surface area contributed by atoms with Crippen LogP contribution < -0.4 is 0 Å². The maximum Gasteiger partial charge on any atom is 0.218 e. The Hall–Kier alpha value is -3.62. The summed E-state index contributed by atoms with van der Waals surface area (Å²) in [4.78, 5) is 8.00. The third-order valence-electron chi connectivity index (χ3n) is 2.74. The number of aryl methyl sites for hydroxylation is 1. The summed E-state index contributed by atoms with van der Waals surface area (Å²) in [5, 5.41) is 36.1. The molecule has 94 valence electrons. The zero-order valence-electron chi connectivity index (χ0n) is 10.6. The molecule has 8 nitrogen and oxygen atoms in total. The standard InChI is InChI=1S/C12H6N8/c1-7-17-9(4-14)11(6-16)20(7)12-18-8(3-13)10(5-15)19(12)2/h1-2H3. The van der Waals surface area contributed by atoms with E-state index < -0.39 is 0 Å². The van der Waals surface area contributed by atoms with Crippen LogP contribution in [0, 0.1) is 52.2 Å². The molecule has 0 fully saturated rings. The molecule has 20 heavy (non-hydrogen) atoms. The van der Waals surface area contributed by atoms with Crippen molar-refractivity contribution in [3.8, 4) is 30.2 Å². The van der Waals surface area contributed by atoms with Crippen molar-refractivity contribution < 1.29 is 0 Å². The fraction of sp³-hybridized carbons (Fsp3) is 0.167. The highest BCUT2D eigenvalue weighted by Crippen LogP contribution is 2.19.